The van der Waals surface area contributed by atoms with E-state index in [1.165, 1.54) is 6.07 Å². The van der Waals surface area contributed by atoms with Gasteiger partial charge in [-0.2, -0.15) is 0 Å². The van der Waals surface area contributed by atoms with E-state index in [9.17, 15) is 8.78 Å². The second-order valence-electron chi connectivity index (χ2n) is 3.36. The summed E-state index contributed by atoms with van der Waals surface area (Å²) >= 11 is 5.04. The Morgan fingerprint density at radius 2 is 2.13 bits per heavy atom. The molecule has 0 saturated carbocycles. The molecule has 15 heavy (non-hydrogen) atoms. The third-order valence-electron chi connectivity index (χ3n) is 2.25. The van der Waals surface area contributed by atoms with Gasteiger partial charge in [0.15, 0.2) is 10.6 Å². The van der Waals surface area contributed by atoms with Crippen molar-refractivity contribution in [3.05, 3.63) is 28.5 Å². The zero-order valence-electron chi connectivity index (χ0n) is 8.18. The van der Waals surface area contributed by atoms with E-state index in [1.54, 1.807) is 4.57 Å². The van der Waals surface area contributed by atoms with Crippen LogP contribution in [0.2, 0.25) is 0 Å². The molecule has 0 amide bonds. The van der Waals surface area contributed by atoms with Gasteiger partial charge in [-0.1, -0.05) is 6.92 Å². The van der Waals surface area contributed by atoms with Gasteiger partial charge in [0, 0.05) is 12.6 Å². The first-order valence-corrected chi connectivity index (χ1v) is 5.12. The molecule has 0 bridgehead atoms. The number of aromatic nitrogens is 2. The molecule has 0 atom stereocenters. The number of benzene rings is 1. The molecule has 1 heterocycles. The van der Waals surface area contributed by atoms with Crippen molar-refractivity contribution in [2.75, 3.05) is 0 Å². The maximum absolute atomic E-state index is 13.3. The highest BCUT2D eigenvalue weighted by atomic mass is 32.1. The first kappa shape index (κ1) is 10.3. The van der Waals surface area contributed by atoms with Crippen molar-refractivity contribution < 1.29 is 8.78 Å². The highest BCUT2D eigenvalue weighted by molar-refractivity contribution is 7.71. The highest BCUT2D eigenvalue weighted by Gasteiger charge is 2.09. The van der Waals surface area contributed by atoms with Crippen LogP contribution >= 0.6 is 12.2 Å². The third kappa shape index (κ3) is 1.67. The van der Waals surface area contributed by atoms with Gasteiger partial charge in [0.05, 0.1) is 5.52 Å². The second-order valence-corrected chi connectivity index (χ2v) is 3.75. The van der Waals surface area contributed by atoms with Gasteiger partial charge in [0.2, 0.25) is 0 Å². The van der Waals surface area contributed by atoms with E-state index in [-0.39, 0.29) is 5.52 Å². The van der Waals surface area contributed by atoms with Crippen molar-refractivity contribution in [1.29, 1.82) is 0 Å². The number of hydrogen-bond acceptors (Lipinski definition) is 1. The van der Waals surface area contributed by atoms with Gasteiger partial charge in [-0.05, 0) is 24.7 Å². The number of imidazole rings is 1. The second kappa shape index (κ2) is 3.73. The van der Waals surface area contributed by atoms with Crippen LogP contribution in [0.3, 0.4) is 0 Å². The van der Waals surface area contributed by atoms with Crippen LogP contribution < -0.4 is 0 Å². The lowest BCUT2D eigenvalue weighted by Crippen LogP contribution is -1.96. The average Bonchev–Trinajstić information content (AvgIpc) is 2.46. The maximum atomic E-state index is 13.3. The summed E-state index contributed by atoms with van der Waals surface area (Å²) in [7, 11) is 0. The predicted molar refractivity (Wildman–Crippen MR) is 57.3 cm³/mol. The Balaban J connectivity index is 2.80. The van der Waals surface area contributed by atoms with Gasteiger partial charge < -0.3 is 9.55 Å². The van der Waals surface area contributed by atoms with E-state index in [2.05, 4.69) is 4.98 Å². The molecule has 0 spiro atoms. The van der Waals surface area contributed by atoms with Gasteiger partial charge in [-0.3, -0.25) is 0 Å². The van der Waals surface area contributed by atoms with Crippen molar-refractivity contribution in [3.63, 3.8) is 0 Å². The van der Waals surface area contributed by atoms with Crippen molar-refractivity contribution in [2.45, 2.75) is 19.9 Å². The number of rotatable bonds is 2. The number of aryl methyl sites for hydroxylation is 1. The van der Waals surface area contributed by atoms with Gasteiger partial charge in [0.25, 0.3) is 0 Å². The largest absolute Gasteiger partial charge is 0.328 e. The average molecular weight is 228 g/mol. The number of hydrogen-bond donors (Lipinski definition) is 1. The first-order valence-electron chi connectivity index (χ1n) is 4.71. The zero-order chi connectivity index (χ0) is 11.0. The number of H-pyrrole nitrogens is 1. The van der Waals surface area contributed by atoms with E-state index in [0.717, 1.165) is 12.5 Å². The van der Waals surface area contributed by atoms with Gasteiger partial charge in [0.1, 0.15) is 11.3 Å². The summed E-state index contributed by atoms with van der Waals surface area (Å²) in [5, 5.41) is 0. The lowest BCUT2D eigenvalue weighted by molar-refractivity contribution is 0.589. The molecule has 2 rings (SSSR count). The lowest BCUT2D eigenvalue weighted by atomic mass is 10.3. The summed E-state index contributed by atoms with van der Waals surface area (Å²) in [6.45, 7) is 2.64. The van der Waals surface area contributed by atoms with Gasteiger partial charge >= 0.3 is 0 Å². The molecule has 0 aliphatic carbocycles. The fraction of sp³-hybridized carbons (Fsp3) is 0.300. The number of fused-ring (bicyclic) bond motifs is 1. The van der Waals surface area contributed by atoms with E-state index >= 15 is 0 Å². The summed E-state index contributed by atoms with van der Waals surface area (Å²) in [5.74, 6) is -1.19. The Labute approximate surface area is 90.5 Å². The molecule has 2 aromatic rings. The summed E-state index contributed by atoms with van der Waals surface area (Å²) in [5.41, 5.74) is 0.759. The molecular formula is C10H10F2N2S. The van der Waals surface area contributed by atoms with E-state index in [4.69, 9.17) is 12.2 Å². The SMILES string of the molecule is CCCn1c(=S)[nH]c2c(F)cc(F)cc21. The van der Waals surface area contributed by atoms with E-state index < -0.39 is 11.6 Å². The van der Waals surface area contributed by atoms with Crippen LogP contribution in [0.4, 0.5) is 8.78 Å². The minimum atomic E-state index is -0.606. The smallest absolute Gasteiger partial charge is 0.178 e. The Hall–Kier alpha value is -1.23. The zero-order valence-corrected chi connectivity index (χ0v) is 9.00. The molecule has 1 aromatic heterocycles. The van der Waals surface area contributed by atoms with E-state index in [1.807, 2.05) is 6.92 Å². The van der Waals surface area contributed by atoms with Crippen LogP contribution in [0.5, 0.6) is 0 Å². The Bertz CT molecular complexity index is 556. The van der Waals surface area contributed by atoms with Crippen molar-refractivity contribution in [3.8, 4) is 0 Å². The standard InChI is InChI=1S/C10H10F2N2S/c1-2-3-14-8-5-6(11)4-7(12)9(8)13-10(14)15/h4-5H,2-3H2,1H3,(H,13,15). The number of nitrogens with zero attached hydrogens (tertiary/aromatic N) is 1. The summed E-state index contributed by atoms with van der Waals surface area (Å²) < 4.78 is 28.5. The molecule has 0 aliphatic rings. The van der Waals surface area contributed by atoms with Crippen LogP contribution in [0, 0.1) is 16.4 Å². The van der Waals surface area contributed by atoms with Crippen LogP contribution in [0.25, 0.3) is 11.0 Å². The fourth-order valence-electron chi connectivity index (χ4n) is 1.63. The molecule has 1 N–H and O–H groups in total. The monoisotopic (exact) mass is 228 g/mol. The normalized spacial score (nSPS) is 11.1. The molecule has 1 aromatic carbocycles. The number of aromatic amines is 1. The molecule has 5 heteroatoms. The molecule has 0 radical (unpaired) electrons. The topological polar surface area (TPSA) is 20.7 Å². The van der Waals surface area contributed by atoms with Crippen molar-refractivity contribution >= 4 is 23.3 Å². The quantitative estimate of drug-likeness (QED) is 0.781. The van der Waals surface area contributed by atoms with Crippen LogP contribution in [0.15, 0.2) is 12.1 Å². The molecule has 2 nitrogen and oxygen atoms in total. The fourth-order valence-corrected chi connectivity index (χ4v) is 1.92. The molecule has 80 valence electrons. The van der Waals surface area contributed by atoms with Crippen LogP contribution in [-0.2, 0) is 6.54 Å². The Morgan fingerprint density at radius 3 is 2.80 bits per heavy atom. The first-order chi connectivity index (χ1) is 7.13. The minimum absolute atomic E-state index is 0.273. The summed E-state index contributed by atoms with van der Waals surface area (Å²) in [6, 6.07) is 2.14. The van der Waals surface area contributed by atoms with E-state index in [0.29, 0.717) is 16.8 Å². The number of halogens is 2. The number of nitrogens with one attached hydrogen (secondary N) is 1. The minimum Gasteiger partial charge on any atom is -0.328 e. The summed E-state index contributed by atoms with van der Waals surface area (Å²) in [4.78, 5) is 2.74. The van der Waals surface area contributed by atoms with Crippen LogP contribution in [0.1, 0.15) is 13.3 Å². The third-order valence-corrected chi connectivity index (χ3v) is 2.57. The van der Waals surface area contributed by atoms with Crippen LogP contribution in [-0.4, -0.2) is 9.55 Å². The highest BCUT2D eigenvalue weighted by Crippen LogP contribution is 2.19. The lowest BCUT2D eigenvalue weighted by Gasteiger charge is -2.01. The predicted octanol–water partition coefficient (Wildman–Crippen LogP) is 3.39. The van der Waals surface area contributed by atoms with Gasteiger partial charge in [-0.15, -0.1) is 0 Å². The van der Waals surface area contributed by atoms with Crippen molar-refractivity contribution in [1.82, 2.24) is 9.55 Å². The molecule has 0 saturated heterocycles. The summed E-state index contributed by atoms with van der Waals surface area (Å²) in [6.07, 6.45) is 0.861. The molecule has 0 aliphatic heterocycles. The Morgan fingerprint density at radius 1 is 1.40 bits per heavy atom. The maximum Gasteiger partial charge on any atom is 0.178 e. The molecule has 0 fully saturated rings. The molecular weight excluding hydrogens is 218 g/mol. The van der Waals surface area contributed by atoms with Gasteiger partial charge in [-0.25, -0.2) is 8.78 Å². The Kier molecular flexibility index (Phi) is 2.56. The molecule has 0 unspecified atom stereocenters. The van der Waals surface area contributed by atoms with Crippen molar-refractivity contribution in [2.24, 2.45) is 0 Å².